The number of ether oxygens (including phenoxy) is 1. The number of hydrogen-bond donors (Lipinski definition) is 2. The van der Waals surface area contributed by atoms with E-state index in [0.29, 0.717) is 23.9 Å². The van der Waals surface area contributed by atoms with Crippen molar-refractivity contribution >= 4 is 19.7 Å². The van der Waals surface area contributed by atoms with Gasteiger partial charge < -0.3 is 19.4 Å². The summed E-state index contributed by atoms with van der Waals surface area (Å²) in [7, 11) is 1.50. The van der Waals surface area contributed by atoms with Gasteiger partial charge in [-0.2, -0.15) is 0 Å². The Morgan fingerprint density at radius 1 is 0.432 bits per heavy atom. The van der Waals surface area contributed by atoms with Gasteiger partial charge in [0.05, 0.1) is 33.8 Å². The number of rotatable bonds is 64. The van der Waals surface area contributed by atoms with Crippen molar-refractivity contribution in [2.75, 3.05) is 40.9 Å². The number of nitrogens with one attached hydrogen (secondary N) is 1. The lowest BCUT2D eigenvalue weighted by Crippen LogP contribution is -2.47. The molecule has 0 bridgehead atoms. The summed E-state index contributed by atoms with van der Waals surface area (Å²) in [5.41, 5.74) is 0. The van der Waals surface area contributed by atoms with Crippen LogP contribution in [0.2, 0.25) is 0 Å². The third-order valence-corrected chi connectivity index (χ3v) is 16.8. The third-order valence-electron chi connectivity index (χ3n) is 15.8. The Labute approximate surface area is 503 Å². The first kappa shape index (κ1) is 79.0. The van der Waals surface area contributed by atoms with E-state index < -0.39 is 20.0 Å². The quantitative estimate of drug-likeness (QED) is 0.0205. The van der Waals surface area contributed by atoms with Crippen LogP contribution in [0.15, 0.2) is 48.6 Å². The van der Waals surface area contributed by atoms with E-state index in [9.17, 15) is 19.0 Å². The maximum absolute atomic E-state index is 13.6. The van der Waals surface area contributed by atoms with Crippen molar-refractivity contribution in [1.82, 2.24) is 5.32 Å². The summed E-state index contributed by atoms with van der Waals surface area (Å²) in [5.74, 6) is -0.498. The van der Waals surface area contributed by atoms with E-state index in [4.69, 9.17) is 13.8 Å². The smallest absolute Gasteiger partial charge is 0.456 e. The van der Waals surface area contributed by atoms with Crippen molar-refractivity contribution in [3.05, 3.63) is 48.6 Å². The van der Waals surface area contributed by atoms with Gasteiger partial charge in [-0.05, 0) is 70.3 Å². The number of phosphoric acid groups is 1. The zero-order valence-electron chi connectivity index (χ0n) is 54.5. The Kier molecular flexibility index (Phi) is 59.5. The summed E-state index contributed by atoms with van der Waals surface area (Å²) < 4.78 is 30.8. The highest BCUT2D eigenvalue weighted by molar-refractivity contribution is 7.47. The summed E-state index contributed by atoms with van der Waals surface area (Å²) in [4.78, 5) is 37.8. The standard InChI is InChI=1S/C71H135N2O7P/c1-7-10-13-16-19-22-25-27-29-31-33-35-36-38-40-42-44-46-49-52-55-58-61-64-71(75)80-69(62-59-56-53-50-47-24-21-18-15-12-9-3)68(67-79-81(76,77)78-66-65-73(4,5)6)72-70(74)63-60-57-54-51-48-45-43-41-39-37-34-32-30-28-26-23-20-17-14-11-8-2/h20,23,28,30,34,37,59,62,68-69H,7-19,21-22,24-27,29,31-33,35-36,38-58,60-61,63-67H2,1-6H3,(H-,72,74,76,77)/p+1/b23-20-,30-28-,37-34-,62-59+. The zero-order chi connectivity index (χ0) is 59.3. The maximum Gasteiger partial charge on any atom is 0.472 e. The molecule has 0 fully saturated rings. The number of esters is 1. The van der Waals surface area contributed by atoms with Gasteiger partial charge in [-0.15, -0.1) is 0 Å². The van der Waals surface area contributed by atoms with Crippen LogP contribution in [0.1, 0.15) is 342 Å². The van der Waals surface area contributed by atoms with Gasteiger partial charge in [0.25, 0.3) is 0 Å². The number of phosphoric ester groups is 1. The van der Waals surface area contributed by atoms with E-state index in [1.165, 1.54) is 225 Å². The topological polar surface area (TPSA) is 111 Å². The fourth-order valence-electron chi connectivity index (χ4n) is 10.4. The molecule has 0 aliphatic heterocycles. The minimum atomic E-state index is -4.45. The van der Waals surface area contributed by atoms with Gasteiger partial charge in [-0.3, -0.25) is 18.6 Å². The van der Waals surface area contributed by atoms with Crippen LogP contribution >= 0.6 is 7.82 Å². The molecule has 0 radical (unpaired) electrons. The minimum Gasteiger partial charge on any atom is -0.456 e. The molecule has 0 heterocycles. The monoisotopic (exact) mass is 1160 g/mol. The molecule has 1 amide bonds. The second kappa shape index (κ2) is 61.1. The molecule has 0 rings (SSSR count). The average molecular weight is 1160 g/mol. The van der Waals surface area contributed by atoms with Gasteiger partial charge in [-0.1, -0.05) is 307 Å². The van der Waals surface area contributed by atoms with Crippen LogP contribution < -0.4 is 5.32 Å². The second-order valence-corrected chi connectivity index (χ2v) is 26.5. The predicted molar refractivity (Wildman–Crippen MR) is 351 cm³/mol. The van der Waals surface area contributed by atoms with E-state index in [-0.39, 0.29) is 25.1 Å². The molecule has 10 heteroatoms. The van der Waals surface area contributed by atoms with Crippen LogP contribution in [-0.4, -0.2) is 74.3 Å². The highest BCUT2D eigenvalue weighted by Crippen LogP contribution is 2.43. The number of allylic oxidation sites excluding steroid dienone is 7. The molecule has 81 heavy (non-hydrogen) atoms. The predicted octanol–water partition coefficient (Wildman–Crippen LogP) is 22.0. The SMILES string of the molecule is CCCCC/C=C\C/C=C\C/C=C\CCCCCCCCCCC(=O)NC(COP(=O)(O)OCC[N+](C)(C)C)C(/C=C/CCCCCCCCCCC)OC(=O)CCCCCCCCCCCCCCCCCCCCCCCCC. The van der Waals surface area contributed by atoms with Gasteiger partial charge in [0.15, 0.2) is 0 Å². The highest BCUT2D eigenvalue weighted by Gasteiger charge is 2.30. The molecule has 0 saturated carbocycles. The van der Waals surface area contributed by atoms with Crippen molar-refractivity contribution in [1.29, 1.82) is 0 Å². The van der Waals surface area contributed by atoms with E-state index >= 15 is 0 Å². The van der Waals surface area contributed by atoms with Crippen LogP contribution in [0.3, 0.4) is 0 Å². The van der Waals surface area contributed by atoms with Gasteiger partial charge in [0, 0.05) is 12.8 Å². The van der Waals surface area contributed by atoms with E-state index in [1.807, 2.05) is 33.3 Å². The van der Waals surface area contributed by atoms with Crippen molar-refractivity contribution in [2.45, 2.75) is 354 Å². The largest absolute Gasteiger partial charge is 0.472 e. The summed E-state index contributed by atoms with van der Waals surface area (Å²) in [6.07, 6.45) is 76.9. The molecule has 0 aliphatic carbocycles. The number of likely N-dealkylation sites (N-methyl/N-ethyl adjacent to an activating group) is 1. The molecule has 3 unspecified atom stereocenters. The Hall–Kier alpha value is -2.03. The van der Waals surface area contributed by atoms with Crippen molar-refractivity contribution in [3.8, 4) is 0 Å². The lowest BCUT2D eigenvalue weighted by Gasteiger charge is -2.27. The summed E-state index contributed by atoms with van der Waals surface area (Å²) in [5, 5.41) is 3.07. The zero-order valence-corrected chi connectivity index (χ0v) is 55.4. The molecular weight excluding hydrogens is 1020 g/mol. The molecule has 0 aromatic carbocycles. The molecule has 9 nitrogen and oxygen atoms in total. The second-order valence-electron chi connectivity index (χ2n) is 25.1. The highest BCUT2D eigenvalue weighted by atomic mass is 31.2. The molecule has 476 valence electrons. The first-order chi connectivity index (χ1) is 39.4. The molecule has 0 spiro atoms. The Bertz CT molecular complexity index is 1520. The normalized spacial score (nSPS) is 13.8. The third kappa shape index (κ3) is 62.3. The average Bonchev–Trinajstić information content (AvgIpc) is 3.44. The van der Waals surface area contributed by atoms with E-state index in [1.54, 1.807) is 0 Å². The first-order valence-electron chi connectivity index (χ1n) is 35.0. The number of hydrogen-bond acceptors (Lipinski definition) is 6. The van der Waals surface area contributed by atoms with Gasteiger partial charge in [-0.25, -0.2) is 4.57 Å². The van der Waals surface area contributed by atoms with Crippen LogP contribution in [0.5, 0.6) is 0 Å². The fourth-order valence-corrected chi connectivity index (χ4v) is 11.1. The number of amides is 1. The molecular formula is C71H136N2O7P+. The van der Waals surface area contributed by atoms with Gasteiger partial charge in [0.1, 0.15) is 19.3 Å². The van der Waals surface area contributed by atoms with Crippen LogP contribution in [0.4, 0.5) is 0 Å². The van der Waals surface area contributed by atoms with Gasteiger partial charge in [0.2, 0.25) is 5.91 Å². The van der Waals surface area contributed by atoms with Crippen LogP contribution in [0, 0.1) is 0 Å². The maximum atomic E-state index is 13.6. The Balaban J connectivity index is 5.05. The Morgan fingerprint density at radius 3 is 1.15 bits per heavy atom. The first-order valence-corrected chi connectivity index (χ1v) is 36.5. The molecule has 0 aromatic rings. The number of carbonyl (C=O) groups is 2. The van der Waals surface area contributed by atoms with Crippen molar-refractivity contribution in [2.24, 2.45) is 0 Å². The van der Waals surface area contributed by atoms with Crippen LogP contribution in [0.25, 0.3) is 0 Å². The summed E-state index contributed by atoms with van der Waals surface area (Å²) >= 11 is 0. The molecule has 3 atom stereocenters. The van der Waals surface area contributed by atoms with E-state index in [2.05, 4.69) is 62.5 Å². The number of carbonyl (C=O) groups excluding carboxylic acids is 2. The Morgan fingerprint density at radius 2 is 0.753 bits per heavy atom. The number of nitrogens with zero attached hydrogens (tertiary/aromatic N) is 1. The van der Waals surface area contributed by atoms with E-state index in [0.717, 1.165) is 83.5 Å². The molecule has 0 aliphatic rings. The fraction of sp³-hybridized carbons (Fsp3) is 0.859. The number of unbranched alkanes of at least 4 members (excludes halogenated alkanes) is 42. The lowest BCUT2D eigenvalue weighted by molar-refractivity contribution is -0.870. The molecule has 2 N–H and O–H groups in total. The summed E-state index contributed by atoms with van der Waals surface area (Å²) in [6.45, 7) is 7.02. The van der Waals surface area contributed by atoms with Crippen molar-refractivity contribution in [3.63, 3.8) is 0 Å². The summed E-state index contributed by atoms with van der Waals surface area (Å²) in [6, 6.07) is -0.851. The van der Waals surface area contributed by atoms with Crippen LogP contribution in [-0.2, 0) is 27.9 Å². The van der Waals surface area contributed by atoms with Crippen molar-refractivity contribution < 1.29 is 37.3 Å². The molecule has 0 aromatic heterocycles. The number of quaternary nitrogens is 1. The van der Waals surface area contributed by atoms with Gasteiger partial charge >= 0.3 is 13.8 Å². The minimum absolute atomic E-state index is 0.0399. The lowest BCUT2D eigenvalue weighted by atomic mass is 10.0. The molecule has 0 saturated heterocycles.